The highest BCUT2D eigenvalue weighted by molar-refractivity contribution is 5.23. The van der Waals surface area contributed by atoms with Crippen molar-refractivity contribution in [3.63, 3.8) is 0 Å². The number of terminal acetylenes is 2. The molecular weight excluding hydrogens is 148 g/mol. The van der Waals surface area contributed by atoms with E-state index in [1.165, 1.54) is 0 Å². The van der Waals surface area contributed by atoms with Crippen molar-refractivity contribution in [1.82, 2.24) is 0 Å². The van der Waals surface area contributed by atoms with Crippen LogP contribution in [0.15, 0.2) is 11.6 Å². The van der Waals surface area contributed by atoms with Crippen LogP contribution in [0.4, 0.5) is 0 Å². The van der Waals surface area contributed by atoms with Gasteiger partial charge in [-0.3, -0.25) is 0 Å². The van der Waals surface area contributed by atoms with Crippen LogP contribution in [-0.2, 0) is 0 Å². The third-order valence-corrected chi connectivity index (χ3v) is 2.14. The fraction of sp³-hybridized carbons (Fsp3) is 0.455. The molecule has 0 heterocycles. The van der Waals surface area contributed by atoms with Gasteiger partial charge in [0.1, 0.15) is 6.10 Å². The van der Waals surface area contributed by atoms with Gasteiger partial charge in [-0.15, -0.1) is 18.8 Å². The molecule has 0 saturated heterocycles. The second-order valence-corrected chi connectivity index (χ2v) is 3.02. The summed E-state index contributed by atoms with van der Waals surface area (Å²) in [7, 11) is 0. The quantitative estimate of drug-likeness (QED) is 0.477. The zero-order valence-corrected chi connectivity index (χ0v) is 6.96. The molecule has 62 valence electrons. The fourth-order valence-electron chi connectivity index (χ4n) is 1.47. The number of hydrogen-bond donors (Lipinski definition) is 1. The summed E-state index contributed by atoms with van der Waals surface area (Å²) in [5.41, 5.74) is 0.956. The molecule has 0 bridgehead atoms. The first-order chi connectivity index (χ1) is 5.77. The number of aliphatic hydroxyl groups is 1. The Morgan fingerprint density at radius 2 is 2.42 bits per heavy atom. The summed E-state index contributed by atoms with van der Waals surface area (Å²) in [4.78, 5) is 0. The van der Waals surface area contributed by atoms with Crippen LogP contribution in [0.5, 0.6) is 0 Å². The van der Waals surface area contributed by atoms with Crippen LogP contribution < -0.4 is 0 Å². The Labute approximate surface area is 73.5 Å². The van der Waals surface area contributed by atoms with E-state index in [0.717, 1.165) is 24.8 Å². The van der Waals surface area contributed by atoms with Crippen molar-refractivity contribution in [3.8, 4) is 24.7 Å². The Morgan fingerprint density at radius 1 is 1.67 bits per heavy atom. The molecule has 0 aromatic carbocycles. The lowest BCUT2D eigenvalue weighted by Crippen LogP contribution is -2.04. The minimum absolute atomic E-state index is 0.424. The van der Waals surface area contributed by atoms with E-state index >= 15 is 0 Å². The predicted molar refractivity (Wildman–Crippen MR) is 49.1 cm³/mol. The van der Waals surface area contributed by atoms with E-state index in [-0.39, 0.29) is 0 Å². The Morgan fingerprint density at radius 3 is 3.00 bits per heavy atom. The van der Waals surface area contributed by atoms with Gasteiger partial charge < -0.3 is 5.11 Å². The Hall–Kier alpha value is -1.18. The van der Waals surface area contributed by atoms with Gasteiger partial charge in [0.15, 0.2) is 0 Å². The molecule has 1 nitrogen and oxygen atoms in total. The number of hydrogen-bond acceptors (Lipinski definition) is 1. The first-order valence-corrected chi connectivity index (χ1v) is 4.06. The van der Waals surface area contributed by atoms with E-state index in [9.17, 15) is 5.11 Å². The number of aliphatic hydroxyl groups excluding tert-OH is 1. The molecule has 0 amide bonds. The summed E-state index contributed by atoms with van der Waals surface area (Å²) in [6, 6.07) is 0. The molecule has 0 aliphatic heterocycles. The maximum absolute atomic E-state index is 9.29. The Bertz CT molecular complexity index is 262. The van der Waals surface area contributed by atoms with Gasteiger partial charge in [0.05, 0.1) is 0 Å². The molecule has 0 saturated carbocycles. The first kappa shape index (κ1) is 8.91. The molecule has 2 unspecified atom stereocenters. The van der Waals surface area contributed by atoms with Gasteiger partial charge in [0.2, 0.25) is 0 Å². The van der Waals surface area contributed by atoms with Crippen molar-refractivity contribution in [1.29, 1.82) is 0 Å². The van der Waals surface area contributed by atoms with Crippen LogP contribution in [0.2, 0.25) is 0 Å². The summed E-state index contributed by atoms with van der Waals surface area (Å²) in [6.07, 6.45) is 14.3. The standard InChI is InChI=1S/C11H12O/c1-3-5-9-6-7-10(8-9)11(12)4-2/h1-2,8-9,11-12H,5-7H2. The van der Waals surface area contributed by atoms with Crippen molar-refractivity contribution in [2.45, 2.75) is 25.4 Å². The third-order valence-electron chi connectivity index (χ3n) is 2.14. The van der Waals surface area contributed by atoms with Crippen molar-refractivity contribution in [2.24, 2.45) is 5.92 Å². The molecule has 0 radical (unpaired) electrons. The second-order valence-electron chi connectivity index (χ2n) is 3.02. The zero-order valence-electron chi connectivity index (χ0n) is 6.96. The van der Waals surface area contributed by atoms with Crippen molar-refractivity contribution in [3.05, 3.63) is 11.6 Å². The lowest BCUT2D eigenvalue weighted by atomic mass is 10.1. The van der Waals surface area contributed by atoms with Crippen LogP contribution in [0.25, 0.3) is 0 Å². The predicted octanol–water partition coefficient (Wildman–Crippen LogP) is 1.34. The van der Waals surface area contributed by atoms with Gasteiger partial charge in [0.25, 0.3) is 0 Å². The van der Waals surface area contributed by atoms with Crippen molar-refractivity contribution in [2.75, 3.05) is 0 Å². The molecule has 2 atom stereocenters. The van der Waals surface area contributed by atoms with Crippen LogP contribution in [0.3, 0.4) is 0 Å². The molecule has 1 heteroatoms. The fourth-order valence-corrected chi connectivity index (χ4v) is 1.47. The van der Waals surface area contributed by atoms with Crippen LogP contribution in [-0.4, -0.2) is 11.2 Å². The first-order valence-electron chi connectivity index (χ1n) is 4.06. The van der Waals surface area contributed by atoms with Crippen LogP contribution >= 0.6 is 0 Å². The van der Waals surface area contributed by atoms with E-state index in [4.69, 9.17) is 12.8 Å². The molecule has 0 spiro atoms. The summed E-state index contributed by atoms with van der Waals surface area (Å²) in [5.74, 6) is 5.34. The minimum atomic E-state index is -0.701. The summed E-state index contributed by atoms with van der Waals surface area (Å²) < 4.78 is 0. The molecule has 1 rings (SSSR count). The summed E-state index contributed by atoms with van der Waals surface area (Å²) >= 11 is 0. The molecule has 0 aromatic heterocycles. The molecule has 1 N–H and O–H groups in total. The smallest absolute Gasteiger partial charge is 0.136 e. The van der Waals surface area contributed by atoms with E-state index in [2.05, 4.69) is 11.8 Å². The van der Waals surface area contributed by atoms with E-state index in [0.29, 0.717) is 5.92 Å². The molecular formula is C11H12O. The van der Waals surface area contributed by atoms with Gasteiger partial charge in [-0.25, -0.2) is 0 Å². The maximum Gasteiger partial charge on any atom is 0.136 e. The topological polar surface area (TPSA) is 20.2 Å². The average Bonchev–Trinajstić information content (AvgIpc) is 2.52. The zero-order chi connectivity index (χ0) is 8.97. The Kier molecular flexibility index (Phi) is 2.97. The number of allylic oxidation sites excluding steroid dienone is 1. The van der Waals surface area contributed by atoms with E-state index in [1.807, 2.05) is 6.08 Å². The van der Waals surface area contributed by atoms with Gasteiger partial charge >= 0.3 is 0 Å². The monoisotopic (exact) mass is 160 g/mol. The second kappa shape index (κ2) is 4.00. The Balaban J connectivity index is 2.56. The summed E-state index contributed by atoms with van der Waals surface area (Å²) in [5, 5.41) is 9.29. The highest BCUT2D eigenvalue weighted by atomic mass is 16.3. The van der Waals surface area contributed by atoms with E-state index in [1.54, 1.807) is 0 Å². The highest BCUT2D eigenvalue weighted by Crippen LogP contribution is 2.27. The molecule has 1 aliphatic rings. The third kappa shape index (κ3) is 1.91. The number of rotatable bonds is 2. The van der Waals surface area contributed by atoms with Gasteiger partial charge in [0, 0.05) is 6.42 Å². The maximum atomic E-state index is 9.29. The van der Waals surface area contributed by atoms with Gasteiger partial charge in [-0.05, 0) is 24.3 Å². The molecule has 1 aliphatic carbocycles. The molecule has 0 fully saturated rings. The van der Waals surface area contributed by atoms with Crippen molar-refractivity contribution >= 4 is 0 Å². The van der Waals surface area contributed by atoms with Crippen LogP contribution in [0, 0.1) is 30.6 Å². The van der Waals surface area contributed by atoms with Gasteiger partial charge in [-0.1, -0.05) is 12.0 Å². The SMILES string of the molecule is C#CCC1C=C(C(O)C#C)CC1. The van der Waals surface area contributed by atoms with Gasteiger partial charge in [-0.2, -0.15) is 0 Å². The largest absolute Gasteiger partial charge is 0.376 e. The average molecular weight is 160 g/mol. The molecule has 0 aromatic rings. The summed E-state index contributed by atoms with van der Waals surface area (Å²) in [6.45, 7) is 0. The lowest BCUT2D eigenvalue weighted by molar-refractivity contribution is 0.265. The van der Waals surface area contributed by atoms with E-state index < -0.39 is 6.10 Å². The van der Waals surface area contributed by atoms with Crippen molar-refractivity contribution < 1.29 is 5.11 Å². The van der Waals surface area contributed by atoms with Crippen LogP contribution in [0.1, 0.15) is 19.3 Å². The lowest BCUT2D eigenvalue weighted by Gasteiger charge is -2.01. The molecule has 12 heavy (non-hydrogen) atoms. The highest BCUT2D eigenvalue weighted by Gasteiger charge is 2.18. The normalized spacial score (nSPS) is 23.9. The minimum Gasteiger partial charge on any atom is -0.376 e.